The van der Waals surface area contributed by atoms with Crippen molar-refractivity contribution in [2.45, 2.75) is 38.0 Å². The lowest BCUT2D eigenvalue weighted by molar-refractivity contribution is 0.287. The van der Waals surface area contributed by atoms with E-state index in [2.05, 4.69) is 9.97 Å². The highest BCUT2D eigenvalue weighted by Crippen LogP contribution is 2.34. The molecule has 1 aromatic rings. The molecule has 3 nitrogen and oxygen atoms in total. The Morgan fingerprint density at radius 1 is 1.43 bits per heavy atom. The zero-order valence-corrected chi connectivity index (χ0v) is 8.32. The summed E-state index contributed by atoms with van der Waals surface area (Å²) in [5.74, 6) is 1.55. The van der Waals surface area contributed by atoms with E-state index in [0.717, 1.165) is 18.7 Å². The van der Waals surface area contributed by atoms with E-state index in [-0.39, 0.29) is 6.61 Å². The van der Waals surface area contributed by atoms with E-state index < -0.39 is 0 Å². The first-order chi connectivity index (χ1) is 6.90. The highest BCUT2D eigenvalue weighted by Gasteiger charge is 2.20. The third-order valence-electron chi connectivity index (χ3n) is 2.81. The van der Waals surface area contributed by atoms with Crippen LogP contribution in [0.2, 0.25) is 0 Å². The van der Waals surface area contributed by atoms with Crippen LogP contribution in [0.4, 0.5) is 0 Å². The highest BCUT2D eigenvalue weighted by atomic mass is 16.2. The summed E-state index contributed by atoms with van der Waals surface area (Å²) in [5, 5.41) is 8.71. The van der Waals surface area contributed by atoms with Gasteiger partial charge < -0.3 is 5.11 Å². The number of aliphatic hydroxyl groups is 1. The van der Waals surface area contributed by atoms with E-state index in [1.54, 1.807) is 0 Å². The normalized spacial score (nSPS) is 16.6. The maximum Gasteiger partial charge on any atom is 0.128 e. The number of hydrogen-bond acceptors (Lipinski definition) is 3. The quantitative estimate of drug-likeness (QED) is 0.789. The second-order valence-corrected chi connectivity index (χ2v) is 3.85. The standard InChI is InChI=1S/C11H16N2O/c14-8-2-5-11-12-7-6-10(13-11)9-3-1-4-9/h6-7,9,14H,1-5,8H2. The Morgan fingerprint density at radius 3 is 2.93 bits per heavy atom. The Balaban J connectivity index is 2.02. The zero-order chi connectivity index (χ0) is 9.80. The number of rotatable bonds is 4. The SMILES string of the molecule is OCCCc1nccc(C2CCC2)n1. The van der Waals surface area contributed by atoms with E-state index >= 15 is 0 Å². The topological polar surface area (TPSA) is 46.0 Å². The van der Waals surface area contributed by atoms with Gasteiger partial charge in [0.15, 0.2) is 0 Å². The van der Waals surface area contributed by atoms with Gasteiger partial charge in [0.1, 0.15) is 5.82 Å². The Labute approximate surface area is 84.2 Å². The fraction of sp³-hybridized carbons (Fsp3) is 0.636. The molecule has 1 aliphatic carbocycles. The molecule has 0 bridgehead atoms. The van der Waals surface area contributed by atoms with Crippen LogP contribution in [0.25, 0.3) is 0 Å². The van der Waals surface area contributed by atoms with Crippen molar-refractivity contribution >= 4 is 0 Å². The van der Waals surface area contributed by atoms with Crippen molar-refractivity contribution in [3.63, 3.8) is 0 Å². The van der Waals surface area contributed by atoms with Crippen molar-refractivity contribution in [2.24, 2.45) is 0 Å². The molecule has 1 saturated carbocycles. The molecule has 1 fully saturated rings. The molecule has 0 atom stereocenters. The molecule has 3 heteroatoms. The minimum Gasteiger partial charge on any atom is -0.396 e. The van der Waals surface area contributed by atoms with Gasteiger partial charge in [0, 0.05) is 30.8 Å². The summed E-state index contributed by atoms with van der Waals surface area (Å²) in [6, 6.07) is 2.02. The van der Waals surface area contributed by atoms with Crippen molar-refractivity contribution in [3.05, 3.63) is 23.8 Å². The minimum absolute atomic E-state index is 0.219. The molecular formula is C11H16N2O. The number of aryl methyl sites for hydroxylation is 1. The summed E-state index contributed by atoms with van der Waals surface area (Å²) in [5.41, 5.74) is 1.19. The van der Waals surface area contributed by atoms with Crippen molar-refractivity contribution in [1.82, 2.24) is 9.97 Å². The highest BCUT2D eigenvalue weighted by molar-refractivity contribution is 5.11. The summed E-state index contributed by atoms with van der Waals surface area (Å²) >= 11 is 0. The largest absolute Gasteiger partial charge is 0.396 e. The first-order valence-corrected chi connectivity index (χ1v) is 5.33. The second kappa shape index (κ2) is 4.51. The lowest BCUT2D eigenvalue weighted by Gasteiger charge is -2.24. The summed E-state index contributed by atoms with van der Waals surface area (Å²) in [6.45, 7) is 0.219. The van der Waals surface area contributed by atoms with Crippen LogP contribution < -0.4 is 0 Å². The van der Waals surface area contributed by atoms with Crippen molar-refractivity contribution in [1.29, 1.82) is 0 Å². The van der Waals surface area contributed by atoms with E-state index in [0.29, 0.717) is 5.92 Å². The number of aromatic nitrogens is 2. The average molecular weight is 192 g/mol. The second-order valence-electron chi connectivity index (χ2n) is 3.85. The van der Waals surface area contributed by atoms with Crippen LogP contribution in [0, 0.1) is 0 Å². The monoisotopic (exact) mass is 192 g/mol. The third kappa shape index (κ3) is 2.10. The van der Waals surface area contributed by atoms with Gasteiger partial charge in [0.2, 0.25) is 0 Å². The lowest BCUT2D eigenvalue weighted by Crippen LogP contribution is -2.12. The summed E-state index contributed by atoms with van der Waals surface area (Å²) < 4.78 is 0. The van der Waals surface area contributed by atoms with Gasteiger partial charge in [-0.15, -0.1) is 0 Å². The van der Waals surface area contributed by atoms with Crippen LogP contribution in [-0.4, -0.2) is 21.7 Å². The fourth-order valence-corrected chi connectivity index (χ4v) is 1.70. The van der Waals surface area contributed by atoms with Gasteiger partial charge in [-0.2, -0.15) is 0 Å². The maximum atomic E-state index is 8.71. The Kier molecular flexibility index (Phi) is 3.09. The van der Waals surface area contributed by atoms with Gasteiger partial charge in [-0.25, -0.2) is 9.97 Å². The van der Waals surface area contributed by atoms with Crippen LogP contribution in [0.3, 0.4) is 0 Å². The molecule has 0 aromatic carbocycles. The van der Waals surface area contributed by atoms with Crippen LogP contribution >= 0.6 is 0 Å². The van der Waals surface area contributed by atoms with Gasteiger partial charge in [0.25, 0.3) is 0 Å². The third-order valence-corrected chi connectivity index (χ3v) is 2.81. The molecule has 1 aromatic heterocycles. The van der Waals surface area contributed by atoms with Crippen molar-refractivity contribution in [2.75, 3.05) is 6.61 Å². The smallest absolute Gasteiger partial charge is 0.128 e. The summed E-state index contributed by atoms with van der Waals surface area (Å²) in [7, 11) is 0. The van der Waals surface area contributed by atoms with Gasteiger partial charge in [-0.3, -0.25) is 0 Å². The van der Waals surface area contributed by atoms with Crippen molar-refractivity contribution < 1.29 is 5.11 Å². The van der Waals surface area contributed by atoms with Gasteiger partial charge in [0.05, 0.1) is 0 Å². The summed E-state index contributed by atoms with van der Waals surface area (Å²) in [4.78, 5) is 8.71. The van der Waals surface area contributed by atoms with Gasteiger partial charge >= 0.3 is 0 Å². The van der Waals surface area contributed by atoms with Crippen LogP contribution in [0.5, 0.6) is 0 Å². The zero-order valence-electron chi connectivity index (χ0n) is 8.32. The molecule has 1 heterocycles. The Bertz CT molecular complexity index is 297. The fourth-order valence-electron chi connectivity index (χ4n) is 1.70. The molecular weight excluding hydrogens is 176 g/mol. The molecule has 0 saturated heterocycles. The Morgan fingerprint density at radius 2 is 2.29 bits per heavy atom. The predicted octanol–water partition coefficient (Wildman–Crippen LogP) is 1.67. The first-order valence-electron chi connectivity index (χ1n) is 5.33. The molecule has 76 valence electrons. The first kappa shape index (κ1) is 9.59. The minimum atomic E-state index is 0.219. The molecule has 1 N–H and O–H groups in total. The van der Waals surface area contributed by atoms with E-state index in [1.807, 2.05) is 12.3 Å². The summed E-state index contributed by atoms with van der Waals surface area (Å²) in [6.07, 6.45) is 7.27. The number of hydrogen-bond donors (Lipinski definition) is 1. The average Bonchev–Trinajstić information content (AvgIpc) is 2.13. The van der Waals surface area contributed by atoms with Crippen LogP contribution in [0.15, 0.2) is 12.3 Å². The van der Waals surface area contributed by atoms with Crippen molar-refractivity contribution in [3.8, 4) is 0 Å². The molecule has 1 aliphatic rings. The van der Waals surface area contributed by atoms with E-state index in [9.17, 15) is 0 Å². The lowest BCUT2D eigenvalue weighted by atomic mass is 9.83. The van der Waals surface area contributed by atoms with Crippen LogP contribution in [-0.2, 0) is 6.42 Å². The Hall–Kier alpha value is -0.960. The van der Waals surface area contributed by atoms with E-state index in [1.165, 1.54) is 25.0 Å². The molecule has 0 radical (unpaired) electrons. The molecule has 0 aliphatic heterocycles. The van der Waals surface area contributed by atoms with Gasteiger partial charge in [-0.1, -0.05) is 6.42 Å². The molecule has 2 rings (SSSR count). The maximum absolute atomic E-state index is 8.71. The molecule has 0 unspecified atom stereocenters. The molecule has 14 heavy (non-hydrogen) atoms. The molecule has 0 amide bonds. The predicted molar refractivity (Wildman–Crippen MR) is 54.0 cm³/mol. The van der Waals surface area contributed by atoms with Crippen LogP contribution in [0.1, 0.15) is 43.1 Å². The number of aliphatic hydroxyl groups excluding tert-OH is 1. The number of nitrogens with zero attached hydrogens (tertiary/aromatic N) is 2. The van der Waals surface area contributed by atoms with Gasteiger partial charge in [-0.05, 0) is 25.3 Å². The molecule has 0 spiro atoms. The van der Waals surface area contributed by atoms with E-state index in [4.69, 9.17) is 5.11 Å².